The summed E-state index contributed by atoms with van der Waals surface area (Å²) in [6, 6.07) is 9.83. The highest BCUT2D eigenvalue weighted by molar-refractivity contribution is 14.1. The molecule has 3 N–H and O–H groups in total. The Morgan fingerprint density at radius 3 is 2.48 bits per heavy atom. The Bertz CT molecular complexity index is 706. The van der Waals surface area contributed by atoms with Crippen LogP contribution in [0.5, 0.6) is 0 Å². The van der Waals surface area contributed by atoms with E-state index in [0.717, 1.165) is 9.64 Å². The molecule has 2 aromatic rings. The van der Waals surface area contributed by atoms with Crippen LogP contribution >= 0.6 is 22.6 Å². The molecule has 0 aromatic heterocycles. The number of aromatic carboxylic acids is 1. The van der Waals surface area contributed by atoms with Gasteiger partial charge in [-0.2, -0.15) is 0 Å². The van der Waals surface area contributed by atoms with Gasteiger partial charge in [-0.15, -0.1) is 0 Å². The lowest BCUT2D eigenvalue weighted by Gasteiger charge is -2.11. The van der Waals surface area contributed by atoms with E-state index in [2.05, 4.69) is 33.2 Å². The van der Waals surface area contributed by atoms with Gasteiger partial charge in [0.05, 0.1) is 11.3 Å². The number of anilines is 2. The lowest BCUT2D eigenvalue weighted by atomic mass is 10.1. The Balaban J connectivity index is 2.18. The summed E-state index contributed by atoms with van der Waals surface area (Å²) in [5.74, 6) is -2.13. The van der Waals surface area contributed by atoms with Crippen molar-refractivity contribution in [3.63, 3.8) is 0 Å². The monoisotopic (exact) mass is 400 g/mol. The number of amides is 2. The predicted molar refractivity (Wildman–Crippen MR) is 85.2 cm³/mol. The second-order valence-electron chi connectivity index (χ2n) is 4.06. The van der Waals surface area contributed by atoms with E-state index in [0.29, 0.717) is 5.69 Å². The predicted octanol–water partition coefficient (Wildman–Crippen LogP) is 3.77. The summed E-state index contributed by atoms with van der Waals surface area (Å²) in [7, 11) is 0. The van der Waals surface area contributed by atoms with Crippen molar-refractivity contribution in [1.29, 1.82) is 0 Å². The number of carboxylic acid groups (broad SMARTS) is 1. The van der Waals surface area contributed by atoms with Crippen molar-refractivity contribution in [2.24, 2.45) is 0 Å². The summed E-state index contributed by atoms with van der Waals surface area (Å²) in [6.07, 6.45) is 0. The molecular weight excluding hydrogens is 390 g/mol. The standard InChI is InChI=1S/C14H10FIN2O3/c15-11-6-2-5-10(13(19)20)12(11)18-14(21)17-9-4-1-3-8(16)7-9/h1-7H,(H,19,20)(H2,17,18,21). The molecule has 0 aliphatic carbocycles. The average Bonchev–Trinajstić information content (AvgIpc) is 2.40. The molecular formula is C14H10FIN2O3. The van der Waals surface area contributed by atoms with Crippen molar-refractivity contribution in [3.8, 4) is 0 Å². The van der Waals surface area contributed by atoms with E-state index in [4.69, 9.17) is 5.11 Å². The van der Waals surface area contributed by atoms with Crippen LogP contribution in [-0.2, 0) is 0 Å². The molecule has 0 bridgehead atoms. The largest absolute Gasteiger partial charge is 0.478 e. The summed E-state index contributed by atoms with van der Waals surface area (Å²) >= 11 is 2.09. The summed E-state index contributed by atoms with van der Waals surface area (Å²) in [4.78, 5) is 22.9. The van der Waals surface area contributed by atoms with Gasteiger partial charge >= 0.3 is 12.0 Å². The number of hydrogen-bond acceptors (Lipinski definition) is 2. The van der Waals surface area contributed by atoms with Crippen LogP contribution in [0.1, 0.15) is 10.4 Å². The number of carbonyl (C=O) groups excluding carboxylic acids is 1. The third kappa shape index (κ3) is 3.91. The number of nitrogens with one attached hydrogen (secondary N) is 2. The van der Waals surface area contributed by atoms with Gasteiger partial charge in [0, 0.05) is 9.26 Å². The van der Waals surface area contributed by atoms with Gasteiger partial charge in [0.25, 0.3) is 0 Å². The molecule has 21 heavy (non-hydrogen) atoms. The van der Waals surface area contributed by atoms with Gasteiger partial charge < -0.3 is 15.7 Å². The van der Waals surface area contributed by atoms with Gasteiger partial charge in [-0.1, -0.05) is 12.1 Å². The summed E-state index contributed by atoms with van der Waals surface area (Å²) < 4.78 is 14.6. The fourth-order valence-corrected chi connectivity index (χ4v) is 2.21. The topological polar surface area (TPSA) is 78.4 Å². The number of para-hydroxylation sites is 1. The number of benzene rings is 2. The van der Waals surface area contributed by atoms with Crippen molar-refractivity contribution in [2.45, 2.75) is 0 Å². The number of carbonyl (C=O) groups is 2. The Hall–Kier alpha value is -2.16. The smallest absolute Gasteiger partial charge is 0.337 e. The molecule has 0 radical (unpaired) electrons. The highest BCUT2D eigenvalue weighted by atomic mass is 127. The van der Waals surface area contributed by atoms with Gasteiger partial charge in [0.2, 0.25) is 0 Å². The van der Waals surface area contributed by atoms with Gasteiger partial charge in [-0.05, 0) is 52.9 Å². The molecule has 0 unspecified atom stereocenters. The third-order valence-electron chi connectivity index (χ3n) is 2.57. The lowest BCUT2D eigenvalue weighted by Crippen LogP contribution is -2.22. The van der Waals surface area contributed by atoms with E-state index in [9.17, 15) is 14.0 Å². The molecule has 5 nitrogen and oxygen atoms in total. The van der Waals surface area contributed by atoms with E-state index < -0.39 is 17.8 Å². The maximum absolute atomic E-state index is 13.7. The number of urea groups is 1. The minimum Gasteiger partial charge on any atom is -0.478 e. The molecule has 2 aromatic carbocycles. The number of hydrogen-bond donors (Lipinski definition) is 3. The normalized spacial score (nSPS) is 10.0. The number of rotatable bonds is 3. The average molecular weight is 400 g/mol. The number of carboxylic acids is 1. The quantitative estimate of drug-likeness (QED) is 0.687. The fourth-order valence-electron chi connectivity index (χ4n) is 1.67. The van der Waals surface area contributed by atoms with Crippen molar-refractivity contribution < 1.29 is 19.1 Å². The molecule has 0 saturated heterocycles. The van der Waals surface area contributed by atoms with E-state index in [1.54, 1.807) is 18.2 Å². The van der Waals surface area contributed by atoms with E-state index in [1.165, 1.54) is 12.1 Å². The zero-order valence-corrected chi connectivity index (χ0v) is 12.7. The van der Waals surface area contributed by atoms with Crippen molar-refractivity contribution in [3.05, 3.63) is 57.4 Å². The van der Waals surface area contributed by atoms with Crippen LogP contribution in [0.15, 0.2) is 42.5 Å². The van der Waals surface area contributed by atoms with Crippen LogP contribution in [0.2, 0.25) is 0 Å². The third-order valence-corrected chi connectivity index (χ3v) is 3.24. The molecule has 0 aliphatic rings. The zero-order valence-electron chi connectivity index (χ0n) is 10.6. The molecule has 108 valence electrons. The molecule has 2 rings (SSSR count). The van der Waals surface area contributed by atoms with Crippen molar-refractivity contribution >= 4 is 46.0 Å². The van der Waals surface area contributed by atoms with Crippen LogP contribution in [-0.4, -0.2) is 17.1 Å². The first-order valence-electron chi connectivity index (χ1n) is 5.83. The van der Waals surface area contributed by atoms with Crippen molar-refractivity contribution in [1.82, 2.24) is 0 Å². The Morgan fingerprint density at radius 2 is 1.81 bits per heavy atom. The number of halogens is 2. The SMILES string of the molecule is O=C(Nc1cccc(I)c1)Nc1c(F)cccc1C(=O)O. The first kappa shape index (κ1) is 15.2. The van der Waals surface area contributed by atoms with Gasteiger partial charge in [0.1, 0.15) is 5.82 Å². The van der Waals surface area contributed by atoms with E-state index in [-0.39, 0.29) is 11.3 Å². The van der Waals surface area contributed by atoms with Crippen LogP contribution < -0.4 is 10.6 Å². The highest BCUT2D eigenvalue weighted by Gasteiger charge is 2.16. The Labute approximate surface area is 133 Å². The molecule has 0 saturated carbocycles. The van der Waals surface area contributed by atoms with Crippen LogP contribution in [0.3, 0.4) is 0 Å². The molecule has 0 fully saturated rings. The fraction of sp³-hybridized carbons (Fsp3) is 0. The molecule has 0 spiro atoms. The highest BCUT2D eigenvalue weighted by Crippen LogP contribution is 2.20. The Morgan fingerprint density at radius 1 is 1.10 bits per heavy atom. The molecule has 0 heterocycles. The summed E-state index contributed by atoms with van der Waals surface area (Å²) in [5.41, 5.74) is -0.159. The van der Waals surface area contributed by atoms with Crippen LogP contribution in [0.25, 0.3) is 0 Å². The van der Waals surface area contributed by atoms with Gasteiger partial charge in [-0.25, -0.2) is 14.0 Å². The van der Waals surface area contributed by atoms with Crippen LogP contribution in [0, 0.1) is 9.39 Å². The van der Waals surface area contributed by atoms with Gasteiger partial charge in [0.15, 0.2) is 0 Å². The minimum atomic E-state index is -1.32. The summed E-state index contributed by atoms with van der Waals surface area (Å²) in [6.45, 7) is 0. The molecule has 7 heteroatoms. The van der Waals surface area contributed by atoms with Crippen LogP contribution in [0.4, 0.5) is 20.6 Å². The Kier molecular flexibility index (Phi) is 4.73. The second-order valence-corrected chi connectivity index (χ2v) is 5.30. The second kappa shape index (κ2) is 6.53. The van der Waals surface area contributed by atoms with Crippen molar-refractivity contribution in [2.75, 3.05) is 10.6 Å². The maximum atomic E-state index is 13.7. The zero-order chi connectivity index (χ0) is 15.4. The first-order chi connectivity index (χ1) is 9.97. The maximum Gasteiger partial charge on any atom is 0.337 e. The van der Waals surface area contributed by atoms with E-state index >= 15 is 0 Å². The molecule has 0 aliphatic heterocycles. The lowest BCUT2D eigenvalue weighted by molar-refractivity contribution is 0.0697. The minimum absolute atomic E-state index is 0.312. The summed E-state index contributed by atoms with van der Waals surface area (Å²) in [5, 5.41) is 13.7. The van der Waals surface area contributed by atoms with E-state index in [1.807, 2.05) is 6.07 Å². The molecule has 2 amide bonds. The first-order valence-corrected chi connectivity index (χ1v) is 6.90. The van der Waals surface area contributed by atoms with Gasteiger partial charge in [-0.3, -0.25) is 0 Å². The molecule has 0 atom stereocenters.